The number of nitrogens with zero attached hydrogens (tertiary/aromatic N) is 2. The van der Waals surface area contributed by atoms with Crippen molar-refractivity contribution in [1.29, 1.82) is 0 Å². The largest absolute Gasteiger partial charge is 0.336 e. The Morgan fingerprint density at radius 3 is 2.73 bits per heavy atom. The van der Waals surface area contributed by atoms with Crippen molar-refractivity contribution in [1.82, 2.24) is 15.2 Å². The molecule has 0 unspecified atom stereocenters. The molecule has 0 radical (unpaired) electrons. The van der Waals surface area contributed by atoms with Gasteiger partial charge in [-0.15, -0.1) is 0 Å². The van der Waals surface area contributed by atoms with Gasteiger partial charge in [-0.3, -0.25) is 9.78 Å². The molecule has 3 heterocycles. The van der Waals surface area contributed by atoms with Crippen LogP contribution >= 0.6 is 0 Å². The van der Waals surface area contributed by atoms with Gasteiger partial charge >= 0.3 is 0 Å². The van der Waals surface area contributed by atoms with Crippen LogP contribution in [0.25, 0.3) is 0 Å². The zero-order valence-corrected chi connectivity index (χ0v) is 13.8. The summed E-state index contributed by atoms with van der Waals surface area (Å²) in [4.78, 5) is 19.9. The molecule has 1 aromatic rings. The molecule has 120 valence electrons. The molecule has 4 heteroatoms. The van der Waals surface area contributed by atoms with Crippen molar-refractivity contribution in [2.24, 2.45) is 0 Å². The highest BCUT2D eigenvalue weighted by molar-refractivity contribution is 5.95. The summed E-state index contributed by atoms with van der Waals surface area (Å²) in [6, 6.07) is 4.33. The maximum atomic E-state index is 13.1. The summed E-state index contributed by atoms with van der Waals surface area (Å²) in [5.74, 6) is 0.605. The van der Waals surface area contributed by atoms with Crippen molar-refractivity contribution in [3.8, 4) is 0 Å². The summed E-state index contributed by atoms with van der Waals surface area (Å²) in [5.41, 5.74) is 2.88. The predicted molar refractivity (Wildman–Crippen MR) is 88.2 cm³/mol. The Morgan fingerprint density at radius 2 is 2.00 bits per heavy atom. The van der Waals surface area contributed by atoms with E-state index in [0.717, 1.165) is 62.3 Å². The van der Waals surface area contributed by atoms with Gasteiger partial charge in [0.15, 0.2) is 0 Å². The fraction of sp³-hybridized carbons (Fsp3) is 0.667. The normalized spacial score (nSPS) is 23.5. The second-order valence-corrected chi connectivity index (χ2v) is 6.75. The Balaban J connectivity index is 1.90. The van der Waals surface area contributed by atoms with Gasteiger partial charge in [0.2, 0.25) is 0 Å². The Kier molecular flexibility index (Phi) is 4.77. The average Bonchev–Trinajstić information content (AvgIpc) is 2.55. The second kappa shape index (κ2) is 6.78. The van der Waals surface area contributed by atoms with Crippen LogP contribution < -0.4 is 5.32 Å². The molecule has 0 aliphatic carbocycles. The van der Waals surface area contributed by atoms with E-state index in [2.05, 4.69) is 17.1 Å². The first kappa shape index (κ1) is 15.5. The molecule has 1 N–H and O–H groups in total. The van der Waals surface area contributed by atoms with Crippen LogP contribution in [0.3, 0.4) is 0 Å². The molecule has 22 heavy (non-hydrogen) atoms. The highest BCUT2D eigenvalue weighted by atomic mass is 16.2. The summed E-state index contributed by atoms with van der Waals surface area (Å²) in [6.07, 6.45) is 5.63. The summed E-state index contributed by atoms with van der Waals surface area (Å²) >= 11 is 0. The first-order chi connectivity index (χ1) is 10.7. The standard InChI is InChI=1S/C18H27N3O/c1-13-6-7-16(17(20-13)15-8-10-19-11-9-15)18(22)21-12-4-3-5-14(21)2/h6-7,14-15,19H,3-5,8-12H2,1-2H3/t14-/m1/s1. The van der Waals surface area contributed by atoms with Crippen molar-refractivity contribution in [3.63, 3.8) is 0 Å². The molecule has 2 aliphatic rings. The molecular weight excluding hydrogens is 274 g/mol. The third-order valence-electron chi connectivity index (χ3n) is 5.08. The van der Waals surface area contributed by atoms with Gasteiger partial charge in [0, 0.05) is 24.2 Å². The number of pyridine rings is 1. The molecule has 0 bridgehead atoms. The average molecular weight is 301 g/mol. The number of hydrogen-bond acceptors (Lipinski definition) is 3. The summed E-state index contributed by atoms with van der Waals surface area (Å²) in [7, 11) is 0. The van der Waals surface area contributed by atoms with E-state index >= 15 is 0 Å². The minimum atomic E-state index is 0.188. The van der Waals surface area contributed by atoms with Gasteiger partial charge in [-0.2, -0.15) is 0 Å². The van der Waals surface area contributed by atoms with Crippen molar-refractivity contribution in [2.45, 2.75) is 57.9 Å². The maximum absolute atomic E-state index is 13.1. The van der Waals surface area contributed by atoms with Crippen LogP contribution in [-0.2, 0) is 0 Å². The first-order valence-electron chi connectivity index (χ1n) is 8.66. The maximum Gasteiger partial charge on any atom is 0.255 e. The lowest BCUT2D eigenvalue weighted by Crippen LogP contribution is -2.42. The number of carbonyl (C=O) groups is 1. The lowest BCUT2D eigenvalue weighted by Gasteiger charge is -2.34. The molecule has 2 aliphatic heterocycles. The van der Waals surface area contributed by atoms with Crippen LogP contribution in [0.15, 0.2) is 12.1 Å². The number of amides is 1. The Morgan fingerprint density at radius 1 is 1.23 bits per heavy atom. The number of nitrogens with one attached hydrogen (secondary N) is 1. The van der Waals surface area contributed by atoms with Gasteiger partial charge in [0.1, 0.15) is 0 Å². The van der Waals surface area contributed by atoms with E-state index in [9.17, 15) is 4.79 Å². The Bertz CT molecular complexity index is 537. The van der Waals surface area contributed by atoms with Gasteiger partial charge in [-0.25, -0.2) is 0 Å². The van der Waals surface area contributed by atoms with Crippen LogP contribution in [-0.4, -0.2) is 41.5 Å². The van der Waals surface area contributed by atoms with Gasteiger partial charge < -0.3 is 10.2 Å². The smallest absolute Gasteiger partial charge is 0.255 e. The number of hydrogen-bond donors (Lipinski definition) is 1. The molecule has 0 aromatic carbocycles. The number of piperidine rings is 2. The molecule has 2 fully saturated rings. The van der Waals surface area contributed by atoms with Gasteiger partial charge in [0.25, 0.3) is 5.91 Å². The second-order valence-electron chi connectivity index (χ2n) is 6.75. The van der Waals surface area contributed by atoms with E-state index in [1.807, 2.05) is 19.1 Å². The topological polar surface area (TPSA) is 45.2 Å². The van der Waals surface area contributed by atoms with E-state index < -0.39 is 0 Å². The van der Waals surface area contributed by atoms with Crippen molar-refractivity contribution < 1.29 is 4.79 Å². The highest BCUT2D eigenvalue weighted by Gasteiger charge is 2.29. The van der Waals surface area contributed by atoms with E-state index in [1.54, 1.807) is 0 Å². The lowest BCUT2D eigenvalue weighted by atomic mass is 9.90. The van der Waals surface area contributed by atoms with Gasteiger partial charge in [-0.05, 0) is 71.2 Å². The monoisotopic (exact) mass is 301 g/mol. The summed E-state index contributed by atoms with van der Waals surface area (Å²) < 4.78 is 0. The molecule has 1 amide bonds. The number of likely N-dealkylation sites (tertiary alicyclic amines) is 1. The zero-order valence-electron chi connectivity index (χ0n) is 13.8. The molecule has 4 nitrogen and oxygen atoms in total. The third-order valence-corrected chi connectivity index (χ3v) is 5.08. The third kappa shape index (κ3) is 3.17. The van der Waals surface area contributed by atoms with Gasteiger partial charge in [0.05, 0.1) is 11.3 Å². The predicted octanol–water partition coefficient (Wildman–Crippen LogP) is 2.87. The molecule has 1 atom stereocenters. The number of carbonyl (C=O) groups excluding carboxylic acids is 1. The minimum absolute atomic E-state index is 0.188. The molecule has 1 aromatic heterocycles. The van der Waals surface area contributed by atoms with E-state index in [4.69, 9.17) is 4.98 Å². The van der Waals surface area contributed by atoms with Crippen LogP contribution in [0, 0.1) is 6.92 Å². The number of rotatable bonds is 2. The van der Waals surface area contributed by atoms with E-state index in [-0.39, 0.29) is 5.91 Å². The van der Waals surface area contributed by atoms with E-state index in [0.29, 0.717) is 12.0 Å². The van der Waals surface area contributed by atoms with Gasteiger partial charge in [-0.1, -0.05) is 0 Å². The number of aryl methyl sites for hydroxylation is 1. The Hall–Kier alpha value is -1.42. The van der Waals surface area contributed by atoms with Crippen LogP contribution in [0.1, 0.15) is 66.7 Å². The SMILES string of the molecule is Cc1ccc(C(=O)N2CCCC[C@H]2C)c(C2CCNCC2)n1. The van der Waals surface area contributed by atoms with Crippen molar-refractivity contribution >= 4 is 5.91 Å². The Labute approximate surface area is 133 Å². The van der Waals surface area contributed by atoms with Crippen LogP contribution in [0.4, 0.5) is 0 Å². The molecule has 3 rings (SSSR count). The molecule has 0 saturated carbocycles. The van der Waals surface area contributed by atoms with Crippen LogP contribution in [0.5, 0.6) is 0 Å². The quantitative estimate of drug-likeness (QED) is 0.913. The van der Waals surface area contributed by atoms with E-state index in [1.165, 1.54) is 6.42 Å². The fourth-order valence-corrected chi connectivity index (χ4v) is 3.72. The van der Waals surface area contributed by atoms with Crippen LogP contribution in [0.2, 0.25) is 0 Å². The fourth-order valence-electron chi connectivity index (χ4n) is 3.72. The molecule has 2 saturated heterocycles. The van der Waals surface area contributed by atoms with Crippen molar-refractivity contribution in [3.05, 3.63) is 29.1 Å². The summed E-state index contributed by atoms with van der Waals surface area (Å²) in [5, 5.41) is 3.40. The van der Waals surface area contributed by atoms with Crippen molar-refractivity contribution in [2.75, 3.05) is 19.6 Å². The summed E-state index contributed by atoms with van der Waals surface area (Å²) in [6.45, 7) is 7.12. The lowest BCUT2D eigenvalue weighted by molar-refractivity contribution is 0.0633. The molecular formula is C18H27N3O. The number of aromatic nitrogens is 1. The highest BCUT2D eigenvalue weighted by Crippen LogP contribution is 2.29. The molecule has 0 spiro atoms. The zero-order chi connectivity index (χ0) is 15.5. The minimum Gasteiger partial charge on any atom is -0.336 e. The first-order valence-corrected chi connectivity index (χ1v) is 8.66.